The predicted octanol–water partition coefficient (Wildman–Crippen LogP) is 2.40. The van der Waals surface area contributed by atoms with Crippen molar-refractivity contribution in [3.63, 3.8) is 0 Å². The Bertz CT molecular complexity index is 438. The maximum Gasteiger partial charge on any atom is 0.238 e. The topological polar surface area (TPSA) is 44.4 Å². The third-order valence-corrected chi connectivity index (χ3v) is 3.93. The molecular weight excluding hydrogens is 262 g/mol. The van der Waals surface area contributed by atoms with Crippen LogP contribution in [0.3, 0.4) is 0 Å². The van der Waals surface area contributed by atoms with E-state index < -0.39 is 0 Å². The molecule has 1 aromatic rings. The molecule has 1 unspecified atom stereocenters. The van der Waals surface area contributed by atoms with Crippen molar-refractivity contribution in [2.75, 3.05) is 31.5 Å². The van der Waals surface area contributed by atoms with Gasteiger partial charge in [-0.3, -0.25) is 4.79 Å². The zero-order valence-electron chi connectivity index (χ0n) is 13.2. The van der Waals surface area contributed by atoms with Crippen LogP contribution in [0.1, 0.15) is 31.7 Å². The number of nitrogens with one attached hydrogen (secondary N) is 2. The number of carbonyl (C=O) groups is 1. The van der Waals surface area contributed by atoms with Crippen molar-refractivity contribution >= 4 is 11.6 Å². The average molecular weight is 289 g/mol. The largest absolute Gasteiger partial charge is 0.325 e. The van der Waals surface area contributed by atoms with Crippen molar-refractivity contribution in [3.05, 3.63) is 29.8 Å². The summed E-state index contributed by atoms with van der Waals surface area (Å²) in [6.07, 6.45) is 3.97. The summed E-state index contributed by atoms with van der Waals surface area (Å²) in [6, 6.07) is 8.21. The van der Waals surface area contributed by atoms with Crippen molar-refractivity contribution in [2.24, 2.45) is 0 Å². The number of amides is 1. The Morgan fingerprint density at radius 2 is 1.86 bits per heavy atom. The number of anilines is 1. The Hall–Kier alpha value is -1.39. The van der Waals surface area contributed by atoms with Crippen molar-refractivity contribution < 1.29 is 4.79 Å². The molecule has 2 rings (SSSR count). The third-order valence-electron chi connectivity index (χ3n) is 3.93. The fourth-order valence-electron chi connectivity index (χ4n) is 2.70. The van der Waals surface area contributed by atoms with Crippen molar-refractivity contribution in [1.82, 2.24) is 10.2 Å². The van der Waals surface area contributed by atoms with Crippen LogP contribution in [0.4, 0.5) is 5.69 Å². The van der Waals surface area contributed by atoms with Gasteiger partial charge in [-0.15, -0.1) is 0 Å². The van der Waals surface area contributed by atoms with E-state index in [4.69, 9.17) is 0 Å². The van der Waals surface area contributed by atoms with E-state index in [0.29, 0.717) is 12.6 Å². The van der Waals surface area contributed by atoms with E-state index >= 15 is 0 Å². The molecule has 1 amide bonds. The van der Waals surface area contributed by atoms with E-state index in [2.05, 4.69) is 22.5 Å². The molecule has 1 aromatic carbocycles. The fraction of sp³-hybridized carbons (Fsp3) is 0.588. The average Bonchev–Trinajstić information content (AvgIpc) is 2.49. The summed E-state index contributed by atoms with van der Waals surface area (Å²) in [4.78, 5) is 14.4. The van der Waals surface area contributed by atoms with Gasteiger partial charge in [-0.1, -0.05) is 24.1 Å². The molecule has 1 atom stereocenters. The van der Waals surface area contributed by atoms with Crippen molar-refractivity contribution in [1.29, 1.82) is 0 Å². The number of benzene rings is 1. The first-order valence-corrected chi connectivity index (χ1v) is 7.96. The summed E-state index contributed by atoms with van der Waals surface area (Å²) in [5.74, 6) is 0.0179. The highest BCUT2D eigenvalue weighted by Gasteiger charge is 2.13. The van der Waals surface area contributed by atoms with Gasteiger partial charge in [0, 0.05) is 18.3 Å². The number of hydrogen-bond acceptors (Lipinski definition) is 3. The highest BCUT2D eigenvalue weighted by Crippen LogP contribution is 2.09. The SMILES string of the molecule is Cc1ccc(NC(=O)CNC(C)CN2CCCCC2)cc1. The molecule has 1 heterocycles. The zero-order valence-corrected chi connectivity index (χ0v) is 13.2. The molecule has 1 aliphatic rings. The minimum absolute atomic E-state index is 0.0179. The minimum atomic E-state index is 0.0179. The van der Waals surface area contributed by atoms with Crippen molar-refractivity contribution in [3.8, 4) is 0 Å². The maximum absolute atomic E-state index is 11.9. The maximum atomic E-state index is 11.9. The Balaban J connectivity index is 1.66. The molecule has 0 aliphatic carbocycles. The van der Waals surface area contributed by atoms with Crippen LogP contribution in [-0.4, -0.2) is 43.0 Å². The van der Waals surface area contributed by atoms with Crippen LogP contribution < -0.4 is 10.6 Å². The molecule has 0 saturated carbocycles. The Morgan fingerprint density at radius 1 is 1.19 bits per heavy atom. The van der Waals surface area contributed by atoms with E-state index in [1.807, 2.05) is 31.2 Å². The number of likely N-dealkylation sites (tertiary alicyclic amines) is 1. The number of carbonyl (C=O) groups excluding carboxylic acids is 1. The molecule has 116 valence electrons. The predicted molar refractivity (Wildman–Crippen MR) is 87.6 cm³/mol. The lowest BCUT2D eigenvalue weighted by atomic mass is 10.1. The van der Waals surface area contributed by atoms with Gasteiger partial charge >= 0.3 is 0 Å². The highest BCUT2D eigenvalue weighted by molar-refractivity contribution is 5.92. The second-order valence-electron chi connectivity index (χ2n) is 6.06. The fourth-order valence-corrected chi connectivity index (χ4v) is 2.70. The second kappa shape index (κ2) is 8.15. The Kier molecular flexibility index (Phi) is 6.21. The van der Waals surface area contributed by atoms with Gasteiger partial charge in [0.05, 0.1) is 6.54 Å². The van der Waals surface area contributed by atoms with Crippen LogP contribution in [0.25, 0.3) is 0 Å². The summed E-state index contributed by atoms with van der Waals surface area (Å²) < 4.78 is 0. The summed E-state index contributed by atoms with van der Waals surface area (Å²) in [7, 11) is 0. The van der Waals surface area contributed by atoms with E-state index in [-0.39, 0.29) is 5.91 Å². The van der Waals surface area contributed by atoms with Crippen LogP contribution in [0, 0.1) is 6.92 Å². The Labute approximate surface area is 127 Å². The quantitative estimate of drug-likeness (QED) is 0.845. The van der Waals surface area contributed by atoms with Crippen LogP contribution in [-0.2, 0) is 4.79 Å². The minimum Gasteiger partial charge on any atom is -0.325 e. The van der Waals surface area contributed by atoms with Gasteiger partial charge in [0.15, 0.2) is 0 Å². The van der Waals surface area contributed by atoms with Gasteiger partial charge in [-0.25, -0.2) is 0 Å². The first-order chi connectivity index (χ1) is 10.1. The molecule has 4 heteroatoms. The molecular formula is C17H27N3O. The lowest BCUT2D eigenvalue weighted by Gasteiger charge is -2.29. The van der Waals surface area contributed by atoms with Crippen LogP contribution in [0.2, 0.25) is 0 Å². The molecule has 0 bridgehead atoms. The lowest BCUT2D eigenvalue weighted by molar-refractivity contribution is -0.115. The van der Waals surface area contributed by atoms with Crippen LogP contribution >= 0.6 is 0 Å². The van der Waals surface area contributed by atoms with Gasteiger partial charge in [0.25, 0.3) is 0 Å². The first kappa shape index (κ1) is 16.0. The number of nitrogens with zero attached hydrogens (tertiary/aromatic N) is 1. The third kappa shape index (κ3) is 5.86. The lowest BCUT2D eigenvalue weighted by Crippen LogP contribution is -2.43. The molecule has 2 N–H and O–H groups in total. The van der Waals surface area contributed by atoms with Crippen LogP contribution in [0.5, 0.6) is 0 Å². The summed E-state index contributed by atoms with van der Waals surface area (Å²) >= 11 is 0. The standard InChI is InChI=1S/C17H27N3O/c1-14-6-8-16(9-7-14)19-17(21)12-18-15(2)13-20-10-4-3-5-11-20/h6-9,15,18H,3-5,10-13H2,1-2H3,(H,19,21). The first-order valence-electron chi connectivity index (χ1n) is 7.96. The van der Waals surface area contributed by atoms with Crippen LogP contribution in [0.15, 0.2) is 24.3 Å². The summed E-state index contributed by atoms with van der Waals surface area (Å²) in [5.41, 5.74) is 2.05. The van der Waals surface area contributed by atoms with E-state index in [0.717, 1.165) is 12.2 Å². The molecule has 21 heavy (non-hydrogen) atoms. The smallest absolute Gasteiger partial charge is 0.238 e. The molecule has 4 nitrogen and oxygen atoms in total. The van der Waals surface area contributed by atoms with Crippen molar-refractivity contribution in [2.45, 2.75) is 39.2 Å². The zero-order chi connectivity index (χ0) is 15.1. The van der Waals surface area contributed by atoms with Gasteiger partial charge < -0.3 is 15.5 Å². The molecule has 0 radical (unpaired) electrons. The van der Waals surface area contributed by atoms with E-state index in [1.165, 1.54) is 37.9 Å². The van der Waals surface area contributed by atoms with Gasteiger partial charge in [-0.2, -0.15) is 0 Å². The Morgan fingerprint density at radius 3 is 2.52 bits per heavy atom. The van der Waals surface area contributed by atoms with E-state index in [1.54, 1.807) is 0 Å². The number of rotatable bonds is 6. The highest BCUT2D eigenvalue weighted by atomic mass is 16.1. The second-order valence-corrected chi connectivity index (χ2v) is 6.06. The molecule has 1 saturated heterocycles. The van der Waals surface area contributed by atoms with Gasteiger partial charge in [0.2, 0.25) is 5.91 Å². The normalized spacial score (nSPS) is 17.4. The summed E-state index contributed by atoms with van der Waals surface area (Å²) in [5, 5.41) is 6.22. The molecule has 1 fully saturated rings. The monoisotopic (exact) mass is 289 g/mol. The number of hydrogen-bond donors (Lipinski definition) is 2. The van der Waals surface area contributed by atoms with Gasteiger partial charge in [-0.05, 0) is 51.9 Å². The molecule has 1 aliphatic heterocycles. The molecule has 0 aromatic heterocycles. The van der Waals surface area contributed by atoms with E-state index in [9.17, 15) is 4.79 Å². The number of aryl methyl sites for hydroxylation is 1. The molecule has 0 spiro atoms. The number of piperidine rings is 1. The summed E-state index contributed by atoms with van der Waals surface area (Å²) in [6.45, 7) is 7.97. The van der Waals surface area contributed by atoms with Gasteiger partial charge in [0.1, 0.15) is 0 Å².